The lowest BCUT2D eigenvalue weighted by Crippen LogP contribution is -2.21. The smallest absolute Gasteiger partial charge is 0.0206 e. The largest absolute Gasteiger partial charge is 0.760 e. The summed E-state index contributed by atoms with van der Waals surface area (Å²) in [7, 11) is 1.59. The van der Waals surface area contributed by atoms with E-state index in [1.54, 1.807) is 7.05 Å². The predicted molar refractivity (Wildman–Crippen MR) is 45.6 cm³/mol. The van der Waals surface area contributed by atoms with E-state index in [9.17, 15) is 8.76 Å². The molecule has 1 atom stereocenters. The van der Waals surface area contributed by atoms with Gasteiger partial charge < -0.3 is 4.55 Å². The van der Waals surface area contributed by atoms with Gasteiger partial charge in [-0.15, -0.1) is 0 Å². The molecule has 0 spiro atoms. The van der Waals surface area contributed by atoms with Crippen LogP contribution in [0, 0.1) is 5.92 Å². The Morgan fingerprint density at radius 2 is 2.09 bits per heavy atom. The molecule has 0 aromatic heterocycles. The standard InChI is InChI=1S/C7H17NO2S/c1-7(2)5-4-6-8(3)11(9)10/h7H,4-6H2,1-3H3,(H,9,10)/p-1. The molecule has 0 aliphatic heterocycles. The Morgan fingerprint density at radius 3 is 2.45 bits per heavy atom. The first-order chi connectivity index (χ1) is 5.04. The minimum atomic E-state index is -2.04. The summed E-state index contributed by atoms with van der Waals surface area (Å²) in [5.74, 6) is 0.656. The van der Waals surface area contributed by atoms with Gasteiger partial charge in [-0.05, 0) is 25.8 Å². The average molecular weight is 178 g/mol. The molecule has 0 aromatic carbocycles. The second-order valence-corrected chi connectivity index (χ2v) is 4.16. The predicted octanol–water partition coefficient (Wildman–Crippen LogP) is 1.15. The van der Waals surface area contributed by atoms with Crippen molar-refractivity contribution in [3.8, 4) is 0 Å². The van der Waals surface area contributed by atoms with Crippen molar-refractivity contribution in [2.75, 3.05) is 13.6 Å². The summed E-state index contributed by atoms with van der Waals surface area (Å²) in [4.78, 5) is 0. The van der Waals surface area contributed by atoms with Crippen molar-refractivity contribution in [3.63, 3.8) is 0 Å². The van der Waals surface area contributed by atoms with Crippen LogP contribution < -0.4 is 0 Å². The van der Waals surface area contributed by atoms with Gasteiger partial charge in [-0.25, -0.2) is 4.31 Å². The molecule has 0 saturated heterocycles. The molecule has 0 saturated carbocycles. The first-order valence-corrected chi connectivity index (χ1v) is 4.87. The fourth-order valence-electron chi connectivity index (χ4n) is 0.797. The van der Waals surface area contributed by atoms with Gasteiger partial charge >= 0.3 is 0 Å². The van der Waals surface area contributed by atoms with Crippen LogP contribution in [0.4, 0.5) is 0 Å². The Morgan fingerprint density at radius 1 is 1.55 bits per heavy atom. The number of hydrogen-bond donors (Lipinski definition) is 0. The van der Waals surface area contributed by atoms with Gasteiger partial charge in [0.05, 0.1) is 0 Å². The van der Waals surface area contributed by atoms with E-state index >= 15 is 0 Å². The van der Waals surface area contributed by atoms with Crippen molar-refractivity contribution in [3.05, 3.63) is 0 Å². The molecular formula is C7H16NO2S-. The quantitative estimate of drug-likeness (QED) is 0.593. The first-order valence-electron chi connectivity index (χ1n) is 3.84. The lowest BCUT2D eigenvalue weighted by Gasteiger charge is -2.18. The van der Waals surface area contributed by atoms with Crippen molar-refractivity contribution in [2.45, 2.75) is 26.7 Å². The molecule has 0 aliphatic rings. The van der Waals surface area contributed by atoms with Crippen LogP contribution in [0.2, 0.25) is 0 Å². The Hall–Kier alpha value is 0.0700. The molecule has 0 heterocycles. The molecule has 0 N–H and O–H groups in total. The zero-order chi connectivity index (χ0) is 8.85. The first kappa shape index (κ1) is 11.1. The van der Waals surface area contributed by atoms with Crippen LogP contribution in [0.3, 0.4) is 0 Å². The highest BCUT2D eigenvalue weighted by molar-refractivity contribution is 7.76. The molecule has 0 aliphatic carbocycles. The third kappa shape index (κ3) is 6.47. The maximum Gasteiger partial charge on any atom is 0.0206 e. The van der Waals surface area contributed by atoms with Crippen molar-refractivity contribution in [1.29, 1.82) is 0 Å². The van der Waals surface area contributed by atoms with Gasteiger partial charge in [-0.2, -0.15) is 0 Å². The van der Waals surface area contributed by atoms with Crippen molar-refractivity contribution in [2.24, 2.45) is 5.92 Å². The Labute approximate surface area is 71.2 Å². The molecular weight excluding hydrogens is 162 g/mol. The van der Waals surface area contributed by atoms with Gasteiger partial charge in [-0.1, -0.05) is 13.8 Å². The number of hydrogen-bond acceptors (Lipinski definition) is 2. The van der Waals surface area contributed by atoms with Crippen LogP contribution in [-0.4, -0.2) is 26.7 Å². The van der Waals surface area contributed by atoms with E-state index in [1.165, 1.54) is 4.31 Å². The monoisotopic (exact) mass is 178 g/mol. The molecule has 0 bridgehead atoms. The molecule has 0 radical (unpaired) electrons. The van der Waals surface area contributed by atoms with E-state index in [4.69, 9.17) is 0 Å². The third-order valence-corrected chi connectivity index (χ3v) is 2.20. The van der Waals surface area contributed by atoms with Gasteiger partial charge in [0.2, 0.25) is 0 Å². The zero-order valence-electron chi connectivity index (χ0n) is 7.37. The molecule has 4 heteroatoms. The second kappa shape index (κ2) is 5.69. The van der Waals surface area contributed by atoms with E-state index in [1.807, 2.05) is 0 Å². The Kier molecular flexibility index (Phi) is 5.72. The zero-order valence-corrected chi connectivity index (χ0v) is 8.19. The Bertz CT molecular complexity index is 128. The molecule has 68 valence electrons. The van der Waals surface area contributed by atoms with Crippen molar-refractivity contribution in [1.82, 2.24) is 4.31 Å². The topological polar surface area (TPSA) is 43.4 Å². The second-order valence-electron chi connectivity index (χ2n) is 3.10. The highest BCUT2D eigenvalue weighted by Gasteiger charge is 1.98. The van der Waals surface area contributed by atoms with Gasteiger partial charge in [-0.3, -0.25) is 4.21 Å². The molecule has 3 nitrogen and oxygen atoms in total. The minimum absolute atomic E-state index is 0.633. The van der Waals surface area contributed by atoms with Crippen LogP contribution in [0.1, 0.15) is 26.7 Å². The lowest BCUT2D eigenvalue weighted by atomic mass is 10.1. The third-order valence-electron chi connectivity index (χ3n) is 1.51. The summed E-state index contributed by atoms with van der Waals surface area (Å²) in [5, 5.41) is 0. The SMILES string of the molecule is CC(C)CCCN(C)S(=O)[O-]. The average Bonchev–Trinajstić information content (AvgIpc) is 1.86. The van der Waals surface area contributed by atoms with Crippen LogP contribution in [0.15, 0.2) is 0 Å². The lowest BCUT2D eigenvalue weighted by molar-refractivity contribution is 0.411. The molecule has 0 amide bonds. The van der Waals surface area contributed by atoms with Crippen LogP contribution in [0.25, 0.3) is 0 Å². The van der Waals surface area contributed by atoms with Crippen LogP contribution in [0.5, 0.6) is 0 Å². The van der Waals surface area contributed by atoms with E-state index in [-0.39, 0.29) is 0 Å². The van der Waals surface area contributed by atoms with E-state index in [2.05, 4.69) is 13.8 Å². The van der Waals surface area contributed by atoms with Gasteiger partial charge in [0, 0.05) is 17.8 Å². The summed E-state index contributed by atoms with van der Waals surface area (Å²) in [6, 6.07) is 0. The minimum Gasteiger partial charge on any atom is -0.760 e. The van der Waals surface area contributed by atoms with Crippen molar-refractivity contribution < 1.29 is 8.76 Å². The summed E-state index contributed by atoms with van der Waals surface area (Å²) in [5.41, 5.74) is 0. The highest BCUT2D eigenvalue weighted by Crippen LogP contribution is 2.04. The summed E-state index contributed by atoms with van der Waals surface area (Å²) in [6.45, 7) is 4.90. The maximum absolute atomic E-state index is 10.3. The van der Waals surface area contributed by atoms with Gasteiger partial charge in [0.25, 0.3) is 0 Å². The highest BCUT2D eigenvalue weighted by atomic mass is 32.2. The van der Waals surface area contributed by atoms with Crippen LogP contribution in [-0.2, 0) is 11.3 Å². The van der Waals surface area contributed by atoms with Gasteiger partial charge in [0.15, 0.2) is 0 Å². The number of rotatable bonds is 5. The van der Waals surface area contributed by atoms with E-state index in [0.29, 0.717) is 12.5 Å². The van der Waals surface area contributed by atoms with Crippen molar-refractivity contribution >= 4 is 11.3 Å². The molecule has 0 rings (SSSR count). The summed E-state index contributed by atoms with van der Waals surface area (Å²) in [6.07, 6.45) is 2.03. The Balaban J connectivity index is 3.31. The summed E-state index contributed by atoms with van der Waals surface area (Å²) >= 11 is -2.04. The van der Waals surface area contributed by atoms with E-state index < -0.39 is 11.3 Å². The normalized spacial score (nSPS) is 14.4. The summed E-state index contributed by atoms with van der Waals surface area (Å²) < 4.78 is 21.9. The maximum atomic E-state index is 10.3. The van der Waals surface area contributed by atoms with Crippen LogP contribution >= 0.6 is 0 Å². The fourth-order valence-corrected chi connectivity index (χ4v) is 1.07. The van der Waals surface area contributed by atoms with Gasteiger partial charge in [0.1, 0.15) is 0 Å². The molecule has 0 fully saturated rings. The fraction of sp³-hybridized carbons (Fsp3) is 1.00. The van der Waals surface area contributed by atoms with E-state index in [0.717, 1.165) is 12.8 Å². The molecule has 0 aromatic rings. The molecule has 11 heavy (non-hydrogen) atoms. The molecule has 1 unspecified atom stereocenters. The number of nitrogens with zero attached hydrogens (tertiary/aromatic N) is 1.